The highest BCUT2D eigenvalue weighted by atomic mass is 35.5. The van der Waals surface area contributed by atoms with Crippen LogP contribution in [0.15, 0.2) is 42.5 Å². The molecule has 0 aromatic heterocycles. The first kappa shape index (κ1) is 21.0. The molecule has 0 unspecified atom stereocenters. The van der Waals surface area contributed by atoms with Crippen LogP contribution < -0.4 is 15.5 Å². The lowest BCUT2D eigenvalue weighted by molar-refractivity contribution is -0.117. The molecule has 1 aliphatic rings. The van der Waals surface area contributed by atoms with Gasteiger partial charge in [-0.05, 0) is 67.0 Å². The number of thioether (sulfide) groups is 1. The van der Waals surface area contributed by atoms with E-state index in [9.17, 15) is 4.79 Å². The van der Waals surface area contributed by atoms with Crippen molar-refractivity contribution in [3.05, 3.63) is 58.6 Å². The molecule has 1 amide bonds. The molecule has 148 valence electrons. The lowest BCUT2D eigenvalue weighted by atomic mass is 10.1. The summed E-state index contributed by atoms with van der Waals surface area (Å²) in [6.45, 7) is 3.62. The van der Waals surface area contributed by atoms with Crippen molar-refractivity contribution in [3.8, 4) is 0 Å². The Labute approximate surface area is 181 Å². The van der Waals surface area contributed by atoms with Crippen LogP contribution in [0.4, 0.5) is 11.4 Å². The molecule has 3 rings (SSSR count). The molecule has 1 saturated heterocycles. The van der Waals surface area contributed by atoms with Gasteiger partial charge in [0.25, 0.3) is 0 Å². The number of hydrogen-bond donors (Lipinski definition) is 2. The molecule has 2 N–H and O–H groups in total. The van der Waals surface area contributed by atoms with E-state index < -0.39 is 0 Å². The highest BCUT2D eigenvalue weighted by Crippen LogP contribution is 2.27. The maximum Gasteiger partial charge on any atom is 0.227 e. The number of benzene rings is 2. The molecule has 0 spiro atoms. The van der Waals surface area contributed by atoms with Crippen LogP contribution in [0.5, 0.6) is 0 Å². The van der Waals surface area contributed by atoms with Crippen molar-refractivity contribution in [1.82, 2.24) is 5.32 Å². The minimum Gasteiger partial charge on any atom is -0.362 e. The first-order chi connectivity index (χ1) is 13.5. The van der Waals surface area contributed by atoms with Crippen LogP contribution in [-0.4, -0.2) is 29.9 Å². The zero-order chi connectivity index (χ0) is 19.9. The SMILES string of the molecule is Cc1cc(NC(=S)NCCSCc2ccc(Cl)cc2)ccc1N1CCCC1=O. The van der Waals surface area contributed by atoms with Crippen molar-refractivity contribution in [2.75, 3.05) is 29.1 Å². The van der Waals surface area contributed by atoms with Crippen molar-refractivity contribution >= 4 is 58.0 Å². The highest BCUT2D eigenvalue weighted by molar-refractivity contribution is 7.98. The molecule has 0 bridgehead atoms. The van der Waals surface area contributed by atoms with Gasteiger partial charge in [0.2, 0.25) is 5.91 Å². The molecule has 7 heteroatoms. The first-order valence-corrected chi connectivity index (χ1v) is 11.2. The molecule has 1 aliphatic heterocycles. The summed E-state index contributed by atoms with van der Waals surface area (Å²) in [6, 6.07) is 13.9. The molecule has 0 radical (unpaired) electrons. The number of hydrogen-bond acceptors (Lipinski definition) is 3. The monoisotopic (exact) mass is 433 g/mol. The van der Waals surface area contributed by atoms with E-state index in [0.29, 0.717) is 11.5 Å². The molecule has 0 atom stereocenters. The van der Waals surface area contributed by atoms with Crippen molar-refractivity contribution < 1.29 is 4.79 Å². The van der Waals surface area contributed by atoms with Crippen LogP contribution in [0.2, 0.25) is 5.02 Å². The van der Waals surface area contributed by atoms with E-state index in [1.54, 1.807) is 0 Å². The highest BCUT2D eigenvalue weighted by Gasteiger charge is 2.22. The quantitative estimate of drug-likeness (QED) is 0.475. The molecular weight excluding hydrogens is 410 g/mol. The number of aryl methyl sites for hydroxylation is 1. The van der Waals surface area contributed by atoms with Crippen LogP contribution in [-0.2, 0) is 10.5 Å². The maximum atomic E-state index is 11.9. The summed E-state index contributed by atoms with van der Waals surface area (Å²) in [4.78, 5) is 13.8. The third-order valence-electron chi connectivity index (χ3n) is 4.53. The van der Waals surface area contributed by atoms with Gasteiger partial charge >= 0.3 is 0 Å². The summed E-state index contributed by atoms with van der Waals surface area (Å²) in [5, 5.41) is 7.83. The van der Waals surface area contributed by atoms with Crippen molar-refractivity contribution in [1.29, 1.82) is 0 Å². The number of halogens is 1. The van der Waals surface area contributed by atoms with Gasteiger partial charge in [0, 0.05) is 47.4 Å². The molecule has 28 heavy (non-hydrogen) atoms. The average Bonchev–Trinajstić information content (AvgIpc) is 3.09. The van der Waals surface area contributed by atoms with Gasteiger partial charge in [-0.1, -0.05) is 23.7 Å². The molecule has 1 fully saturated rings. The third kappa shape index (κ3) is 5.87. The van der Waals surface area contributed by atoms with E-state index in [-0.39, 0.29) is 5.91 Å². The summed E-state index contributed by atoms with van der Waals surface area (Å²) in [6.07, 6.45) is 1.58. The average molecular weight is 434 g/mol. The Balaban J connectivity index is 1.40. The Morgan fingerprint density at radius 1 is 1.25 bits per heavy atom. The first-order valence-electron chi connectivity index (χ1n) is 9.31. The predicted molar refractivity (Wildman–Crippen MR) is 125 cm³/mol. The predicted octanol–water partition coefficient (Wildman–Crippen LogP) is 5.00. The molecule has 2 aromatic carbocycles. The second kappa shape index (κ2) is 10.1. The van der Waals surface area contributed by atoms with Gasteiger partial charge in [-0.3, -0.25) is 4.79 Å². The van der Waals surface area contributed by atoms with Gasteiger partial charge in [0.05, 0.1) is 0 Å². The number of thiocarbonyl (C=S) groups is 1. The summed E-state index contributed by atoms with van der Waals surface area (Å²) in [7, 11) is 0. The standard InChI is InChI=1S/C21H24ClN3OS2/c1-15-13-18(8-9-19(15)25-11-2-3-20(25)26)24-21(27)23-10-12-28-14-16-4-6-17(22)7-5-16/h4-9,13H,2-3,10-12,14H2,1H3,(H2,23,24,27). The molecule has 4 nitrogen and oxygen atoms in total. The van der Waals surface area contributed by atoms with E-state index in [0.717, 1.165) is 53.0 Å². The smallest absolute Gasteiger partial charge is 0.227 e. The molecule has 0 aliphatic carbocycles. The van der Waals surface area contributed by atoms with Crippen LogP contribution in [0, 0.1) is 6.92 Å². The van der Waals surface area contributed by atoms with E-state index in [1.165, 1.54) is 5.56 Å². The Bertz CT molecular complexity index is 842. The number of nitrogens with zero attached hydrogens (tertiary/aromatic N) is 1. The second-order valence-electron chi connectivity index (χ2n) is 6.71. The van der Waals surface area contributed by atoms with Crippen LogP contribution in [0.3, 0.4) is 0 Å². The number of carbonyl (C=O) groups excluding carboxylic acids is 1. The summed E-state index contributed by atoms with van der Waals surface area (Å²) < 4.78 is 0. The molecular formula is C21H24ClN3OS2. The van der Waals surface area contributed by atoms with E-state index >= 15 is 0 Å². The number of anilines is 2. The fraction of sp³-hybridized carbons (Fsp3) is 0.333. The topological polar surface area (TPSA) is 44.4 Å². The summed E-state index contributed by atoms with van der Waals surface area (Å²) >= 11 is 13.1. The number of rotatable bonds is 7. The van der Waals surface area contributed by atoms with Crippen molar-refractivity contribution in [2.45, 2.75) is 25.5 Å². The minimum atomic E-state index is 0.206. The van der Waals surface area contributed by atoms with E-state index in [1.807, 2.05) is 53.9 Å². The maximum absolute atomic E-state index is 11.9. The van der Waals surface area contributed by atoms with Crippen molar-refractivity contribution in [2.24, 2.45) is 0 Å². The lowest BCUT2D eigenvalue weighted by Gasteiger charge is -2.19. The summed E-state index contributed by atoms with van der Waals surface area (Å²) in [5.41, 5.74) is 4.26. The van der Waals surface area contributed by atoms with Crippen LogP contribution >= 0.6 is 35.6 Å². The lowest BCUT2D eigenvalue weighted by Crippen LogP contribution is -2.30. The largest absolute Gasteiger partial charge is 0.362 e. The Morgan fingerprint density at radius 3 is 2.71 bits per heavy atom. The van der Waals surface area contributed by atoms with Gasteiger partial charge in [-0.2, -0.15) is 11.8 Å². The zero-order valence-corrected chi connectivity index (χ0v) is 18.2. The zero-order valence-electron chi connectivity index (χ0n) is 15.8. The fourth-order valence-electron chi connectivity index (χ4n) is 3.12. The van der Waals surface area contributed by atoms with Gasteiger partial charge in [0.15, 0.2) is 5.11 Å². The molecule has 1 heterocycles. The van der Waals surface area contributed by atoms with E-state index in [4.69, 9.17) is 23.8 Å². The number of nitrogens with one attached hydrogen (secondary N) is 2. The van der Waals surface area contributed by atoms with Crippen molar-refractivity contribution in [3.63, 3.8) is 0 Å². The van der Waals surface area contributed by atoms with E-state index in [2.05, 4.69) is 22.8 Å². The Kier molecular flexibility index (Phi) is 7.59. The van der Waals surface area contributed by atoms with Crippen LogP contribution in [0.25, 0.3) is 0 Å². The van der Waals surface area contributed by atoms with Gasteiger partial charge in [0.1, 0.15) is 0 Å². The van der Waals surface area contributed by atoms with Gasteiger partial charge in [-0.15, -0.1) is 0 Å². The third-order valence-corrected chi connectivity index (χ3v) is 6.06. The number of amides is 1. The van der Waals surface area contributed by atoms with Crippen LogP contribution in [0.1, 0.15) is 24.0 Å². The Hall–Kier alpha value is -1.76. The minimum absolute atomic E-state index is 0.206. The number of carbonyl (C=O) groups is 1. The molecule has 0 saturated carbocycles. The van der Waals surface area contributed by atoms with Gasteiger partial charge < -0.3 is 15.5 Å². The second-order valence-corrected chi connectivity index (χ2v) is 8.66. The van der Waals surface area contributed by atoms with Gasteiger partial charge in [-0.25, -0.2) is 0 Å². The summed E-state index contributed by atoms with van der Waals surface area (Å²) in [5.74, 6) is 2.12. The Morgan fingerprint density at radius 2 is 2.04 bits per heavy atom. The molecule has 2 aromatic rings. The normalized spacial score (nSPS) is 13.6. The fourth-order valence-corrected chi connectivity index (χ4v) is 4.29.